The zero-order chi connectivity index (χ0) is 16.4. The summed E-state index contributed by atoms with van der Waals surface area (Å²) in [5, 5.41) is 12.0. The first-order chi connectivity index (χ1) is 11.1. The molecule has 0 heterocycles. The summed E-state index contributed by atoms with van der Waals surface area (Å²) in [5.41, 5.74) is 0.683. The number of nitrogens with one attached hydrogen (secondary N) is 1. The van der Waals surface area contributed by atoms with Crippen molar-refractivity contribution in [1.82, 2.24) is 0 Å². The molecule has 2 atom stereocenters. The van der Waals surface area contributed by atoms with Crippen molar-refractivity contribution in [1.29, 1.82) is 0 Å². The Labute approximate surface area is 136 Å². The standard InChI is InChI=1S/C18H23NO4/c1-23-16-9-12(7-8-13(16)18(21)22)19-17(20)15-10-14(15)11-5-3-2-4-6-11/h7-9,11,14-15H,2-6,10H2,1H3,(H,19,20)(H,21,22). The number of carboxylic acid groups (broad SMARTS) is 1. The predicted octanol–water partition coefficient (Wildman–Crippen LogP) is 3.55. The van der Waals surface area contributed by atoms with Crippen LogP contribution in [-0.4, -0.2) is 24.1 Å². The lowest BCUT2D eigenvalue weighted by Gasteiger charge is -2.21. The molecule has 1 aromatic rings. The number of aromatic carboxylic acids is 1. The number of rotatable bonds is 5. The molecule has 0 radical (unpaired) electrons. The van der Waals surface area contributed by atoms with E-state index >= 15 is 0 Å². The van der Waals surface area contributed by atoms with Gasteiger partial charge in [-0.2, -0.15) is 0 Å². The fourth-order valence-electron chi connectivity index (χ4n) is 3.78. The van der Waals surface area contributed by atoms with E-state index in [0.29, 0.717) is 17.5 Å². The van der Waals surface area contributed by atoms with Gasteiger partial charge in [0, 0.05) is 17.7 Å². The average molecular weight is 317 g/mol. The summed E-state index contributed by atoms with van der Waals surface area (Å²) < 4.78 is 5.09. The minimum absolute atomic E-state index is 0.0469. The lowest BCUT2D eigenvalue weighted by atomic mass is 9.85. The molecule has 1 aromatic carbocycles. The second kappa shape index (κ2) is 6.60. The van der Waals surface area contributed by atoms with Crippen LogP contribution in [-0.2, 0) is 4.79 Å². The highest BCUT2D eigenvalue weighted by Crippen LogP contribution is 2.49. The van der Waals surface area contributed by atoms with Gasteiger partial charge < -0.3 is 15.2 Å². The van der Waals surface area contributed by atoms with E-state index in [2.05, 4.69) is 5.32 Å². The maximum Gasteiger partial charge on any atom is 0.339 e. The number of amides is 1. The summed E-state index contributed by atoms with van der Waals surface area (Å²) in [4.78, 5) is 23.5. The third-order valence-electron chi connectivity index (χ3n) is 5.13. The van der Waals surface area contributed by atoms with Gasteiger partial charge in [0.2, 0.25) is 5.91 Å². The number of hydrogen-bond acceptors (Lipinski definition) is 3. The Morgan fingerprint density at radius 3 is 2.61 bits per heavy atom. The van der Waals surface area contributed by atoms with Gasteiger partial charge in [0.15, 0.2) is 0 Å². The van der Waals surface area contributed by atoms with Crippen molar-refractivity contribution in [3.63, 3.8) is 0 Å². The van der Waals surface area contributed by atoms with Crippen LogP contribution in [0.15, 0.2) is 18.2 Å². The monoisotopic (exact) mass is 317 g/mol. The van der Waals surface area contributed by atoms with E-state index in [1.165, 1.54) is 45.3 Å². The minimum atomic E-state index is -1.04. The number of methoxy groups -OCH3 is 1. The molecule has 2 saturated carbocycles. The molecule has 124 valence electrons. The second-order valence-corrected chi connectivity index (χ2v) is 6.61. The first kappa shape index (κ1) is 15.8. The second-order valence-electron chi connectivity index (χ2n) is 6.61. The van der Waals surface area contributed by atoms with Crippen molar-refractivity contribution >= 4 is 17.6 Å². The molecule has 0 aliphatic heterocycles. The van der Waals surface area contributed by atoms with Gasteiger partial charge in [-0.1, -0.05) is 32.1 Å². The van der Waals surface area contributed by atoms with Gasteiger partial charge in [0.25, 0.3) is 0 Å². The van der Waals surface area contributed by atoms with Crippen molar-refractivity contribution in [2.45, 2.75) is 38.5 Å². The number of benzene rings is 1. The van der Waals surface area contributed by atoms with Gasteiger partial charge in [-0.15, -0.1) is 0 Å². The molecular weight excluding hydrogens is 294 g/mol. The maximum absolute atomic E-state index is 12.4. The number of anilines is 1. The molecule has 2 N–H and O–H groups in total. The van der Waals surface area contributed by atoms with Crippen LogP contribution in [0, 0.1) is 17.8 Å². The fraction of sp³-hybridized carbons (Fsp3) is 0.556. The largest absolute Gasteiger partial charge is 0.496 e. The van der Waals surface area contributed by atoms with Crippen molar-refractivity contribution < 1.29 is 19.4 Å². The average Bonchev–Trinajstić information content (AvgIpc) is 3.36. The molecule has 0 spiro atoms. The lowest BCUT2D eigenvalue weighted by molar-refractivity contribution is -0.117. The first-order valence-corrected chi connectivity index (χ1v) is 8.32. The van der Waals surface area contributed by atoms with Crippen LogP contribution in [0.1, 0.15) is 48.9 Å². The van der Waals surface area contributed by atoms with Crippen LogP contribution in [0.3, 0.4) is 0 Å². The topological polar surface area (TPSA) is 75.6 Å². The highest BCUT2D eigenvalue weighted by molar-refractivity contribution is 5.96. The fourth-order valence-corrected chi connectivity index (χ4v) is 3.78. The SMILES string of the molecule is COc1cc(NC(=O)C2CC2C2CCCCC2)ccc1C(=O)O. The summed E-state index contributed by atoms with van der Waals surface area (Å²) in [7, 11) is 1.42. The Balaban J connectivity index is 1.61. The van der Waals surface area contributed by atoms with E-state index in [-0.39, 0.29) is 23.1 Å². The van der Waals surface area contributed by atoms with Gasteiger partial charge in [-0.3, -0.25) is 4.79 Å². The smallest absolute Gasteiger partial charge is 0.339 e. The Morgan fingerprint density at radius 1 is 1.22 bits per heavy atom. The number of carboxylic acids is 1. The highest BCUT2D eigenvalue weighted by Gasteiger charge is 2.47. The van der Waals surface area contributed by atoms with E-state index in [1.54, 1.807) is 12.1 Å². The Hall–Kier alpha value is -2.04. The zero-order valence-electron chi connectivity index (χ0n) is 13.4. The number of carbonyl (C=O) groups excluding carboxylic acids is 1. The van der Waals surface area contributed by atoms with Crippen LogP contribution in [0.25, 0.3) is 0 Å². The third kappa shape index (κ3) is 3.49. The quantitative estimate of drug-likeness (QED) is 0.871. The van der Waals surface area contributed by atoms with E-state index in [4.69, 9.17) is 9.84 Å². The highest BCUT2D eigenvalue weighted by atomic mass is 16.5. The van der Waals surface area contributed by atoms with Gasteiger partial charge in [0.05, 0.1) is 7.11 Å². The number of ether oxygens (including phenoxy) is 1. The Kier molecular flexibility index (Phi) is 4.55. The van der Waals surface area contributed by atoms with Gasteiger partial charge >= 0.3 is 5.97 Å². The summed E-state index contributed by atoms with van der Waals surface area (Å²) in [6, 6.07) is 4.64. The van der Waals surface area contributed by atoms with Crippen molar-refractivity contribution in [3.8, 4) is 5.75 Å². The van der Waals surface area contributed by atoms with Gasteiger partial charge in [-0.05, 0) is 30.4 Å². The summed E-state index contributed by atoms with van der Waals surface area (Å²) in [6.45, 7) is 0. The molecule has 1 amide bonds. The van der Waals surface area contributed by atoms with Crippen molar-refractivity contribution in [2.24, 2.45) is 17.8 Å². The van der Waals surface area contributed by atoms with Gasteiger partial charge in [-0.25, -0.2) is 4.79 Å². The van der Waals surface area contributed by atoms with Crippen LogP contribution < -0.4 is 10.1 Å². The molecule has 2 aliphatic carbocycles. The molecule has 2 unspecified atom stereocenters. The molecule has 0 aromatic heterocycles. The molecule has 2 aliphatic rings. The van der Waals surface area contributed by atoms with E-state index in [0.717, 1.165) is 6.42 Å². The third-order valence-corrected chi connectivity index (χ3v) is 5.13. The van der Waals surface area contributed by atoms with E-state index < -0.39 is 5.97 Å². The molecule has 23 heavy (non-hydrogen) atoms. The number of carbonyl (C=O) groups is 2. The molecule has 3 rings (SSSR count). The summed E-state index contributed by atoms with van der Waals surface area (Å²) in [6.07, 6.45) is 7.43. The van der Waals surface area contributed by atoms with Crippen LogP contribution in [0.2, 0.25) is 0 Å². The molecule has 5 heteroatoms. The number of hydrogen-bond donors (Lipinski definition) is 2. The predicted molar refractivity (Wildman–Crippen MR) is 86.8 cm³/mol. The van der Waals surface area contributed by atoms with Crippen molar-refractivity contribution in [3.05, 3.63) is 23.8 Å². The summed E-state index contributed by atoms with van der Waals surface area (Å²) in [5.74, 6) is 0.627. The Morgan fingerprint density at radius 2 is 1.96 bits per heavy atom. The molecule has 0 bridgehead atoms. The maximum atomic E-state index is 12.4. The van der Waals surface area contributed by atoms with Crippen molar-refractivity contribution in [2.75, 3.05) is 12.4 Å². The lowest BCUT2D eigenvalue weighted by Crippen LogP contribution is -2.18. The molecular formula is C18H23NO4. The molecule has 5 nitrogen and oxygen atoms in total. The zero-order valence-corrected chi connectivity index (χ0v) is 13.4. The minimum Gasteiger partial charge on any atom is -0.496 e. The Bertz CT molecular complexity index is 607. The normalized spacial score (nSPS) is 24.0. The van der Waals surface area contributed by atoms with Crippen LogP contribution >= 0.6 is 0 Å². The van der Waals surface area contributed by atoms with Crippen LogP contribution in [0.5, 0.6) is 5.75 Å². The van der Waals surface area contributed by atoms with Crippen LogP contribution in [0.4, 0.5) is 5.69 Å². The summed E-state index contributed by atoms with van der Waals surface area (Å²) >= 11 is 0. The molecule has 2 fully saturated rings. The first-order valence-electron chi connectivity index (χ1n) is 8.32. The van der Waals surface area contributed by atoms with Gasteiger partial charge in [0.1, 0.15) is 11.3 Å². The molecule has 0 saturated heterocycles. The van der Waals surface area contributed by atoms with E-state index in [9.17, 15) is 9.59 Å². The van der Waals surface area contributed by atoms with E-state index in [1.807, 2.05) is 0 Å².